The van der Waals surface area contributed by atoms with E-state index in [1.807, 2.05) is 0 Å². The fourth-order valence-corrected chi connectivity index (χ4v) is 3.03. The van der Waals surface area contributed by atoms with Gasteiger partial charge in [-0.2, -0.15) is 0 Å². The molecule has 2 fully saturated rings. The van der Waals surface area contributed by atoms with Crippen molar-refractivity contribution in [1.29, 1.82) is 0 Å². The Morgan fingerprint density at radius 1 is 1.36 bits per heavy atom. The zero-order chi connectivity index (χ0) is 10.3. The lowest BCUT2D eigenvalue weighted by atomic mass is 9.94. The molecule has 82 valence electrons. The highest BCUT2D eigenvalue weighted by Gasteiger charge is 2.61. The molecule has 1 aliphatic heterocycles. The predicted molar refractivity (Wildman–Crippen MR) is 58.3 cm³/mol. The number of hydrogen-bond acceptors (Lipinski definition) is 2. The number of rotatable bonds is 3. The summed E-state index contributed by atoms with van der Waals surface area (Å²) >= 11 is 0. The summed E-state index contributed by atoms with van der Waals surface area (Å²) in [7, 11) is 0. The number of ether oxygens (including phenoxy) is 1. The van der Waals surface area contributed by atoms with Gasteiger partial charge in [0.05, 0.1) is 12.2 Å². The van der Waals surface area contributed by atoms with E-state index in [1.165, 1.54) is 19.4 Å². The van der Waals surface area contributed by atoms with Gasteiger partial charge in [-0.3, -0.25) is 0 Å². The lowest BCUT2D eigenvalue weighted by Crippen LogP contribution is -2.28. The Morgan fingerprint density at radius 3 is 2.57 bits per heavy atom. The first-order valence-electron chi connectivity index (χ1n) is 5.93. The van der Waals surface area contributed by atoms with Gasteiger partial charge in [0.15, 0.2) is 0 Å². The van der Waals surface area contributed by atoms with Crippen LogP contribution in [0.2, 0.25) is 0 Å². The molecule has 1 aliphatic carbocycles. The highest BCUT2D eigenvalue weighted by molar-refractivity contribution is 5.10. The minimum Gasteiger partial charge on any atom is -0.375 e. The quantitative estimate of drug-likeness (QED) is 0.749. The molecule has 1 saturated heterocycles. The summed E-state index contributed by atoms with van der Waals surface area (Å²) in [5.41, 5.74) is 0.543. The molecular weight excluding hydrogens is 174 g/mol. The van der Waals surface area contributed by atoms with Gasteiger partial charge in [0, 0.05) is 11.5 Å². The summed E-state index contributed by atoms with van der Waals surface area (Å²) in [6.07, 6.45) is 3.61. The van der Waals surface area contributed by atoms with Crippen LogP contribution >= 0.6 is 0 Å². The average Bonchev–Trinajstić information content (AvgIpc) is 2.68. The minimum atomic E-state index is 0.481. The number of nitrogens with one attached hydrogen (secondary N) is 1. The van der Waals surface area contributed by atoms with Gasteiger partial charge in [0.25, 0.3) is 0 Å². The van der Waals surface area contributed by atoms with Gasteiger partial charge in [-0.05, 0) is 39.2 Å². The van der Waals surface area contributed by atoms with Gasteiger partial charge in [-0.25, -0.2) is 0 Å². The Hall–Kier alpha value is -0.0800. The van der Waals surface area contributed by atoms with E-state index < -0.39 is 0 Å². The Balaban J connectivity index is 1.84. The molecule has 2 rings (SSSR count). The molecule has 1 saturated carbocycles. The molecule has 0 radical (unpaired) electrons. The molecule has 4 atom stereocenters. The van der Waals surface area contributed by atoms with Crippen molar-refractivity contribution < 1.29 is 4.74 Å². The molecule has 1 spiro atoms. The van der Waals surface area contributed by atoms with Crippen LogP contribution in [-0.4, -0.2) is 24.8 Å². The van der Waals surface area contributed by atoms with Crippen LogP contribution in [0, 0.1) is 11.3 Å². The first-order chi connectivity index (χ1) is 6.54. The smallest absolute Gasteiger partial charge is 0.0611 e. The second kappa shape index (κ2) is 3.49. The fraction of sp³-hybridized carbons (Fsp3) is 1.00. The van der Waals surface area contributed by atoms with Crippen molar-refractivity contribution in [2.24, 2.45) is 11.3 Å². The van der Waals surface area contributed by atoms with Gasteiger partial charge < -0.3 is 10.1 Å². The predicted octanol–water partition coefficient (Wildman–Crippen LogP) is 2.19. The highest BCUT2D eigenvalue weighted by Crippen LogP contribution is 2.62. The van der Waals surface area contributed by atoms with Crippen LogP contribution in [-0.2, 0) is 4.74 Å². The van der Waals surface area contributed by atoms with Crippen LogP contribution in [0.1, 0.15) is 40.5 Å². The second-order valence-electron chi connectivity index (χ2n) is 5.49. The van der Waals surface area contributed by atoms with Crippen LogP contribution in [0.5, 0.6) is 0 Å². The van der Waals surface area contributed by atoms with E-state index in [9.17, 15) is 0 Å². The molecule has 1 N–H and O–H groups in total. The summed E-state index contributed by atoms with van der Waals surface area (Å²) in [4.78, 5) is 0. The molecular formula is C12H23NO. The van der Waals surface area contributed by atoms with E-state index in [1.54, 1.807) is 0 Å². The van der Waals surface area contributed by atoms with Gasteiger partial charge in [0.2, 0.25) is 0 Å². The van der Waals surface area contributed by atoms with Crippen LogP contribution < -0.4 is 5.32 Å². The SMILES string of the molecule is CC(C)NCC1CC12CC(C)OC2C. The summed E-state index contributed by atoms with van der Waals surface area (Å²) in [5.74, 6) is 0.866. The monoisotopic (exact) mass is 197 g/mol. The Bertz CT molecular complexity index is 216. The largest absolute Gasteiger partial charge is 0.375 e. The Kier molecular flexibility index (Phi) is 2.61. The van der Waals surface area contributed by atoms with Crippen LogP contribution in [0.3, 0.4) is 0 Å². The zero-order valence-corrected chi connectivity index (χ0v) is 9.84. The first-order valence-corrected chi connectivity index (χ1v) is 5.93. The lowest BCUT2D eigenvalue weighted by Gasteiger charge is -2.15. The van der Waals surface area contributed by atoms with Crippen molar-refractivity contribution in [3.63, 3.8) is 0 Å². The fourth-order valence-electron chi connectivity index (χ4n) is 3.03. The van der Waals surface area contributed by atoms with E-state index >= 15 is 0 Å². The zero-order valence-electron chi connectivity index (χ0n) is 9.84. The second-order valence-corrected chi connectivity index (χ2v) is 5.49. The summed E-state index contributed by atoms with van der Waals surface area (Å²) < 4.78 is 5.85. The lowest BCUT2D eigenvalue weighted by molar-refractivity contribution is 0.0498. The highest BCUT2D eigenvalue weighted by atomic mass is 16.5. The maximum Gasteiger partial charge on any atom is 0.0611 e. The average molecular weight is 197 g/mol. The maximum absolute atomic E-state index is 5.85. The third-order valence-corrected chi connectivity index (χ3v) is 3.97. The molecule has 0 aromatic heterocycles. The van der Waals surface area contributed by atoms with Crippen LogP contribution in [0.15, 0.2) is 0 Å². The Morgan fingerprint density at radius 2 is 2.07 bits per heavy atom. The summed E-state index contributed by atoms with van der Waals surface area (Å²) in [5, 5.41) is 3.54. The van der Waals surface area contributed by atoms with E-state index in [4.69, 9.17) is 4.74 Å². The van der Waals surface area contributed by atoms with Crippen molar-refractivity contribution in [2.45, 2.75) is 58.8 Å². The standard InChI is InChI=1S/C12H23NO/c1-8(2)13-7-11-6-12(11)5-9(3)14-10(12)4/h8-11,13H,5-7H2,1-4H3. The third kappa shape index (κ3) is 1.70. The van der Waals surface area contributed by atoms with Crippen molar-refractivity contribution in [3.05, 3.63) is 0 Å². The van der Waals surface area contributed by atoms with Crippen molar-refractivity contribution in [1.82, 2.24) is 5.32 Å². The molecule has 0 bridgehead atoms. The van der Waals surface area contributed by atoms with Crippen molar-refractivity contribution in [2.75, 3.05) is 6.54 Å². The molecule has 2 aliphatic rings. The maximum atomic E-state index is 5.85. The minimum absolute atomic E-state index is 0.481. The molecule has 0 amide bonds. The molecule has 4 unspecified atom stereocenters. The normalized spacial score (nSPS) is 46.5. The molecule has 14 heavy (non-hydrogen) atoms. The van der Waals surface area contributed by atoms with Crippen LogP contribution in [0.4, 0.5) is 0 Å². The van der Waals surface area contributed by atoms with Crippen molar-refractivity contribution >= 4 is 0 Å². The van der Waals surface area contributed by atoms with E-state index in [0.29, 0.717) is 23.7 Å². The molecule has 1 heterocycles. The third-order valence-electron chi connectivity index (χ3n) is 3.97. The first kappa shape index (κ1) is 10.4. The molecule has 0 aromatic rings. The molecule has 2 nitrogen and oxygen atoms in total. The van der Waals surface area contributed by atoms with E-state index in [-0.39, 0.29) is 0 Å². The van der Waals surface area contributed by atoms with Gasteiger partial charge >= 0.3 is 0 Å². The summed E-state index contributed by atoms with van der Waals surface area (Å²) in [6.45, 7) is 10.1. The molecule has 0 aromatic carbocycles. The van der Waals surface area contributed by atoms with E-state index in [2.05, 4.69) is 33.0 Å². The van der Waals surface area contributed by atoms with Crippen LogP contribution in [0.25, 0.3) is 0 Å². The van der Waals surface area contributed by atoms with E-state index in [0.717, 1.165) is 5.92 Å². The van der Waals surface area contributed by atoms with Gasteiger partial charge in [-0.1, -0.05) is 13.8 Å². The number of hydrogen-bond donors (Lipinski definition) is 1. The topological polar surface area (TPSA) is 21.3 Å². The van der Waals surface area contributed by atoms with Crippen molar-refractivity contribution in [3.8, 4) is 0 Å². The summed E-state index contributed by atoms with van der Waals surface area (Å²) in [6, 6.07) is 0.614. The molecule has 2 heteroatoms. The van der Waals surface area contributed by atoms with Gasteiger partial charge in [-0.15, -0.1) is 0 Å². The Labute approximate surface area is 87.4 Å². The van der Waals surface area contributed by atoms with Gasteiger partial charge in [0.1, 0.15) is 0 Å².